The van der Waals surface area contributed by atoms with Crippen LogP contribution in [0, 0.1) is 0 Å². The van der Waals surface area contributed by atoms with Crippen molar-refractivity contribution in [3.63, 3.8) is 0 Å². The van der Waals surface area contributed by atoms with Crippen molar-refractivity contribution in [3.05, 3.63) is 20.8 Å². The Labute approximate surface area is 189 Å². The van der Waals surface area contributed by atoms with Crippen molar-refractivity contribution in [1.82, 2.24) is 14.9 Å². The van der Waals surface area contributed by atoms with Crippen LogP contribution >= 0.6 is 23.1 Å². The standard InChI is InChI=1S/C21H27N3O4S3/c25-17(22-13-9-10-31(27,28)12-13)11-29-21-23-19-18(15-7-3-4-8-16(15)30-19)20(26)24(21)14-5-1-2-6-14/h13-14H,1-12H2,(H,22,25). The highest BCUT2D eigenvalue weighted by Crippen LogP contribution is 2.37. The third-order valence-electron chi connectivity index (χ3n) is 6.61. The van der Waals surface area contributed by atoms with Gasteiger partial charge in [-0.3, -0.25) is 14.2 Å². The molecule has 7 nitrogen and oxygen atoms in total. The van der Waals surface area contributed by atoms with Crippen molar-refractivity contribution >= 4 is 49.1 Å². The number of carbonyl (C=O) groups excluding carboxylic acids is 1. The largest absolute Gasteiger partial charge is 0.352 e. The molecule has 1 atom stereocenters. The first-order valence-electron chi connectivity index (χ1n) is 11.1. The number of carbonyl (C=O) groups is 1. The second-order valence-electron chi connectivity index (χ2n) is 8.86. The van der Waals surface area contributed by atoms with E-state index in [1.165, 1.54) is 22.2 Å². The number of aromatic nitrogens is 2. The fraction of sp³-hybridized carbons (Fsp3) is 0.667. The lowest BCUT2D eigenvalue weighted by atomic mass is 9.97. The van der Waals surface area contributed by atoms with E-state index in [9.17, 15) is 18.0 Å². The summed E-state index contributed by atoms with van der Waals surface area (Å²) >= 11 is 2.93. The van der Waals surface area contributed by atoms with E-state index >= 15 is 0 Å². The number of hydrogen-bond donors (Lipinski definition) is 1. The summed E-state index contributed by atoms with van der Waals surface area (Å²) in [6.45, 7) is 0. The van der Waals surface area contributed by atoms with Gasteiger partial charge in [0, 0.05) is 17.0 Å². The molecule has 10 heteroatoms. The van der Waals surface area contributed by atoms with Gasteiger partial charge in [-0.05, 0) is 50.5 Å². The summed E-state index contributed by atoms with van der Waals surface area (Å²) in [6, 6.07) is -0.163. The van der Waals surface area contributed by atoms with Gasteiger partial charge in [0.05, 0.1) is 22.6 Å². The Balaban J connectivity index is 1.42. The summed E-state index contributed by atoms with van der Waals surface area (Å²) in [7, 11) is -3.04. The Morgan fingerprint density at radius 3 is 2.68 bits per heavy atom. The molecule has 3 heterocycles. The minimum atomic E-state index is -3.04. The maximum absolute atomic E-state index is 13.6. The molecule has 0 bridgehead atoms. The highest BCUT2D eigenvalue weighted by molar-refractivity contribution is 7.99. The van der Waals surface area contributed by atoms with Crippen LogP contribution in [-0.2, 0) is 27.5 Å². The number of thiophene rings is 1. The first-order chi connectivity index (χ1) is 14.9. The van der Waals surface area contributed by atoms with E-state index in [1.54, 1.807) is 11.3 Å². The molecule has 1 amide bonds. The molecule has 0 aromatic carbocycles. The number of hydrogen-bond acceptors (Lipinski definition) is 7. The van der Waals surface area contributed by atoms with Gasteiger partial charge in [-0.15, -0.1) is 11.3 Å². The van der Waals surface area contributed by atoms with Gasteiger partial charge in [0.2, 0.25) is 5.91 Å². The summed E-state index contributed by atoms with van der Waals surface area (Å²) in [6.07, 6.45) is 8.89. The first-order valence-corrected chi connectivity index (χ1v) is 14.7. The molecule has 2 fully saturated rings. The van der Waals surface area contributed by atoms with E-state index in [2.05, 4.69) is 5.32 Å². The van der Waals surface area contributed by atoms with Gasteiger partial charge in [-0.25, -0.2) is 13.4 Å². The molecule has 1 saturated carbocycles. The fourth-order valence-corrected chi connectivity index (χ4v) is 8.95. The second kappa shape index (κ2) is 8.51. The average molecular weight is 482 g/mol. The Morgan fingerprint density at radius 1 is 1.16 bits per heavy atom. The molecule has 1 saturated heterocycles. The maximum atomic E-state index is 13.6. The molecule has 31 heavy (non-hydrogen) atoms. The number of fused-ring (bicyclic) bond motifs is 3. The minimum absolute atomic E-state index is 0.0150. The van der Waals surface area contributed by atoms with Crippen molar-refractivity contribution < 1.29 is 13.2 Å². The SMILES string of the molecule is O=C(CSc1nc2sc3c(c2c(=O)n1C1CCCC1)CCCC3)NC1CCS(=O)(=O)C1. The van der Waals surface area contributed by atoms with Crippen LogP contribution in [0.3, 0.4) is 0 Å². The Hall–Kier alpha value is -1.39. The third-order valence-corrected chi connectivity index (χ3v) is 10.5. The molecule has 5 rings (SSSR count). The molecule has 0 spiro atoms. The number of nitrogens with zero attached hydrogens (tertiary/aromatic N) is 2. The van der Waals surface area contributed by atoms with Crippen LogP contribution in [0.1, 0.15) is 61.4 Å². The van der Waals surface area contributed by atoms with Gasteiger partial charge in [-0.1, -0.05) is 24.6 Å². The quantitative estimate of drug-likeness (QED) is 0.521. The number of sulfone groups is 1. The van der Waals surface area contributed by atoms with Crippen LogP contribution in [0.25, 0.3) is 10.2 Å². The van der Waals surface area contributed by atoms with Crippen molar-refractivity contribution in [3.8, 4) is 0 Å². The molecule has 2 aromatic rings. The van der Waals surface area contributed by atoms with Crippen molar-refractivity contribution in [1.29, 1.82) is 0 Å². The average Bonchev–Trinajstić information content (AvgIpc) is 3.45. The molecule has 168 valence electrons. The summed E-state index contributed by atoms with van der Waals surface area (Å²) in [5.74, 6) is 0.0750. The molecule has 3 aliphatic rings. The molecule has 0 radical (unpaired) electrons. The second-order valence-corrected chi connectivity index (χ2v) is 13.1. The summed E-state index contributed by atoms with van der Waals surface area (Å²) in [5.41, 5.74) is 1.26. The predicted octanol–water partition coefficient (Wildman–Crippen LogP) is 2.85. The van der Waals surface area contributed by atoms with Gasteiger partial charge >= 0.3 is 0 Å². The van der Waals surface area contributed by atoms with Crippen molar-refractivity contribution in [2.75, 3.05) is 17.3 Å². The van der Waals surface area contributed by atoms with Gasteiger partial charge in [-0.2, -0.15) is 0 Å². The number of thioether (sulfide) groups is 1. The highest BCUT2D eigenvalue weighted by atomic mass is 32.2. The summed E-state index contributed by atoms with van der Waals surface area (Å²) in [5, 5.41) is 4.26. The number of nitrogens with one attached hydrogen (secondary N) is 1. The number of amides is 1. The minimum Gasteiger partial charge on any atom is -0.352 e. The zero-order chi connectivity index (χ0) is 21.6. The van der Waals surface area contributed by atoms with Crippen LogP contribution in [0.15, 0.2) is 9.95 Å². The summed E-state index contributed by atoms with van der Waals surface area (Å²) < 4.78 is 25.1. The molecule has 1 N–H and O–H groups in total. The molecular formula is C21H27N3O4S3. The van der Waals surface area contributed by atoms with Gasteiger partial charge in [0.15, 0.2) is 15.0 Å². The van der Waals surface area contributed by atoms with E-state index in [-0.39, 0.29) is 40.8 Å². The lowest BCUT2D eigenvalue weighted by Crippen LogP contribution is -2.37. The van der Waals surface area contributed by atoms with Crippen LogP contribution in [0.4, 0.5) is 0 Å². The smallest absolute Gasteiger partial charge is 0.263 e. The van der Waals surface area contributed by atoms with Gasteiger partial charge in [0.1, 0.15) is 4.83 Å². The lowest BCUT2D eigenvalue weighted by molar-refractivity contribution is -0.119. The van der Waals surface area contributed by atoms with Gasteiger partial charge < -0.3 is 5.32 Å². The lowest BCUT2D eigenvalue weighted by Gasteiger charge is -2.18. The topological polar surface area (TPSA) is 98.1 Å². The molecule has 2 aromatic heterocycles. The van der Waals surface area contributed by atoms with Crippen molar-refractivity contribution in [2.45, 2.75) is 75.0 Å². The zero-order valence-corrected chi connectivity index (χ0v) is 19.8. The van der Waals surface area contributed by atoms with E-state index in [0.717, 1.165) is 61.6 Å². The predicted molar refractivity (Wildman–Crippen MR) is 124 cm³/mol. The normalized spacial score (nSPS) is 23.3. The molecule has 2 aliphatic carbocycles. The van der Waals surface area contributed by atoms with Gasteiger partial charge in [0.25, 0.3) is 5.56 Å². The van der Waals surface area contributed by atoms with Crippen LogP contribution in [0.2, 0.25) is 0 Å². The Bertz CT molecular complexity index is 1180. The van der Waals surface area contributed by atoms with Crippen molar-refractivity contribution in [2.24, 2.45) is 0 Å². The van der Waals surface area contributed by atoms with E-state index in [1.807, 2.05) is 4.57 Å². The van der Waals surface area contributed by atoms with E-state index < -0.39 is 9.84 Å². The summed E-state index contributed by atoms with van der Waals surface area (Å²) in [4.78, 5) is 33.1. The Morgan fingerprint density at radius 2 is 1.94 bits per heavy atom. The molecule has 1 aliphatic heterocycles. The van der Waals surface area contributed by atoms with Crippen LogP contribution < -0.4 is 10.9 Å². The first kappa shape index (κ1) is 21.5. The fourth-order valence-electron chi connectivity index (χ4n) is 5.09. The highest BCUT2D eigenvalue weighted by Gasteiger charge is 2.30. The molecular weight excluding hydrogens is 454 g/mol. The third kappa shape index (κ3) is 4.30. The molecule has 1 unspecified atom stereocenters. The van der Waals surface area contributed by atoms with Crippen LogP contribution in [0.5, 0.6) is 0 Å². The maximum Gasteiger partial charge on any atom is 0.263 e. The zero-order valence-electron chi connectivity index (χ0n) is 17.4. The number of aryl methyl sites for hydroxylation is 2. The monoisotopic (exact) mass is 481 g/mol. The Kier molecular flexibility index (Phi) is 5.89. The van der Waals surface area contributed by atoms with E-state index in [0.29, 0.717) is 11.6 Å². The van der Waals surface area contributed by atoms with Crippen LogP contribution in [-0.4, -0.2) is 47.2 Å². The van der Waals surface area contributed by atoms with E-state index in [4.69, 9.17) is 4.98 Å². The number of rotatable bonds is 5.